The van der Waals surface area contributed by atoms with Crippen molar-refractivity contribution < 1.29 is 0 Å². The van der Waals surface area contributed by atoms with Gasteiger partial charge in [-0.25, -0.2) is 0 Å². The van der Waals surface area contributed by atoms with Crippen LogP contribution in [0.3, 0.4) is 0 Å². The van der Waals surface area contributed by atoms with Crippen molar-refractivity contribution in [2.75, 3.05) is 17.6 Å². The van der Waals surface area contributed by atoms with Gasteiger partial charge in [-0.1, -0.05) is 24.3 Å². The number of nitrogens with one attached hydrogen (secondary N) is 1. The Labute approximate surface area is 106 Å². The van der Waals surface area contributed by atoms with Crippen molar-refractivity contribution in [1.82, 2.24) is 14.8 Å². The number of hydrogen-bond acceptors (Lipinski definition) is 4. The first kappa shape index (κ1) is 13.1. The van der Waals surface area contributed by atoms with Crippen LogP contribution in [0.25, 0.3) is 5.69 Å². The van der Waals surface area contributed by atoms with E-state index in [1.54, 1.807) is 10.8 Å². The Morgan fingerprint density at radius 2 is 2.06 bits per heavy atom. The maximum Gasteiger partial charge on any atom is 0.244 e. The number of nitrogens with two attached hydrogens (primary N) is 1. The molecular weight excluding hydrogens is 238 g/mol. The highest BCUT2D eigenvalue weighted by atomic mass is 35.5. The number of rotatable bonds is 4. The average Bonchev–Trinajstić information content (AvgIpc) is 2.69. The molecule has 0 atom stereocenters. The molecule has 0 aliphatic rings. The molecule has 0 amide bonds. The monoisotopic (exact) mass is 251 g/mol. The maximum atomic E-state index is 5.77. The second-order valence-corrected chi connectivity index (χ2v) is 3.21. The summed E-state index contributed by atoms with van der Waals surface area (Å²) < 4.78 is 1.59. The minimum absolute atomic E-state index is 0. The number of halogens is 1. The van der Waals surface area contributed by atoms with E-state index in [9.17, 15) is 0 Å². The van der Waals surface area contributed by atoms with Gasteiger partial charge in [0.2, 0.25) is 11.9 Å². The van der Waals surface area contributed by atoms with Crippen molar-refractivity contribution in [3.05, 3.63) is 43.0 Å². The quantitative estimate of drug-likeness (QED) is 0.814. The van der Waals surface area contributed by atoms with Gasteiger partial charge >= 0.3 is 0 Å². The van der Waals surface area contributed by atoms with Crippen LogP contribution >= 0.6 is 12.4 Å². The number of para-hydroxylation sites is 1. The van der Waals surface area contributed by atoms with Crippen molar-refractivity contribution in [3.63, 3.8) is 0 Å². The lowest BCUT2D eigenvalue weighted by Gasteiger charge is -2.00. The lowest BCUT2D eigenvalue weighted by atomic mass is 10.3. The Morgan fingerprint density at radius 3 is 2.71 bits per heavy atom. The van der Waals surface area contributed by atoms with Crippen LogP contribution in [0.2, 0.25) is 0 Å². The van der Waals surface area contributed by atoms with Gasteiger partial charge in [-0.3, -0.25) is 0 Å². The summed E-state index contributed by atoms with van der Waals surface area (Å²) in [7, 11) is 0. The third-order valence-corrected chi connectivity index (χ3v) is 2.04. The Kier molecular flexibility index (Phi) is 4.54. The molecule has 0 aliphatic heterocycles. The largest absolute Gasteiger partial charge is 0.368 e. The number of nitrogen functional groups attached to an aromatic ring is 1. The summed E-state index contributed by atoms with van der Waals surface area (Å²) in [5, 5.41) is 7.22. The Balaban J connectivity index is 0.00000144. The standard InChI is InChI=1S/C11H13N5.ClH/c1-2-8-13-11-14-10(12)16(15-11)9-6-4-3-5-7-9;/h2-7H,1,8H2,(H3,12,13,14,15);1H. The summed E-state index contributed by atoms with van der Waals surface area (Å²) in [6, 6.07) is 9.62. The summed E-state index contributed by atoms with van der Waals surface area (Å²) in [5.74, 6) is 0.860. The van der Waals surface area contributed by atoms with E-state index in [0.717, 1.165) is 5.69 Å². The first-order valence-electron chi connectivity index (χ1n) is 4.94. The molecule has 0 spiro atoms. The molecule has 0 unspecified atom stereocenters. The lowest BCUT2D eigenvalue weighted by molar-refractivity contribution is 0.891. The van der Waals surface area contributed by atoms with Gasteiger partial charge in [0.15, 0.2) is 0 Å². The molecule has 0 radical (unpaired) electrons. The second kappa shape index (κ2) is 5.91. The van der Waals surface area contributed by atoms with Gasteiger partial charge in [-0.15, -0.1) is 24.1 Å². The maximum absolute atomic E-state index is 5.77. The van der Waals surface area contributed by atoms with Crippen LogP contribution in [0.4, 0.5) is 11.9 Å². The molecule has 0 saturated heterocycles. The normalized spacial score (nSPS) is 9.41. The van der Waals surface area contributed by atoms with Crippen LogP contribution < -0.4 is 11.1 Å². The van der Waals surface area contributed by atoms with Crippen LogP contribution in [0.15, 0.2) is 43.0 Å². The van der Waals surface area contributed by atoms with Crippen molar-refractivity contribution in [2.24, 2.45) is 0 Å². The van der Waals surface area contributed by atoms with Gasteiger partial charge in [0, 0.05) is 6.54 Å². The second-order valence-electron chi connectivity index (χ2n) is 3.21. The average molecular weight is 252 g/mol. The minimum atomic E-state index is 0. The third-order valence-electron chi connectivity index (χ3n) is 2.04. The summed E-state index contributed by atoms with van der Waals surface area (Å²) in [6.07, 6.45) is 1.74. The van der Waals surface area contributed by atoms with Crippen molar-refractivity contribution in [1.29, 1.82) is 0 Å². The molecule has 1 aromatic heterocycles. The fourth-order valence-electron chi connectivity index (χ4n) is 1.32. The van der Waals surface area contributed by atoms with Gasteiger partial charge in [0.05, 0.1) is 5.69 Å². The Bertz CT molecular complexity index is 480. The van der Waals surface area contributed by atoms with E-state index in [1.165, 1.54) is 0 Å². The van der Waals surface area contributed by atoms with Crippen molar-refractivity contribution >= 4 is 24.3 Å². The molecule has 1 aromatic carbocycles. The fraction of sp³-hybridized carbons (Fsp3) is 0.0909. The zero-order valence-corrected chi connectivity index (χ0v) is 10.0. The van der Waals surface area contributed by atoms with Gasteiger partial charge in [-0.2, -0.15) is 9.67 Å². The minimum Gasteiger partial charge on any atom is -0.368 e. The highest BCUT2D eigenvalue weighted by Gasteiger charge is 2.06. The van der Waals surface area contributed by atoms with Gasteiger partial charge < -0.3 is 11.1 Å². The number of anilines is 2. The zero-order valence-electron chi connectivity index (χ0n) is 9.21. The van der Waals surface area contributed by atoms with Crippen LogP contribution in [0.1, 0.15) is 0 Å². The van der Waals surface area contributed by atoms with E-state index in [2.05, 4.69) is 22.0 Å². The molecule has 3 N–H and O–H groups in total. The lowest BCUT2D eigenvalue weighted by Crippen LogP contribution is -2.02. The first-order valence-corrected chi connectivity index (χ1v) is 4.94. The predicted octanol–water partition coefficient (Wildman–Crippen LogP) is 1.87. The summed E-state index contributed by atoms with van der Waals surface area (Å²) in [6.45, 7) is 4.22. The smallest absolute Gasteiger partial charge is 0.244 e. The molecule has 1 heterocycles. The van der Waals surface area contributed by atoms with E-state index < -0.39 is 0 Å². The van der Waals surface area contributed by atoms with Crippen molar-refractivity contribution in [2.45, 2.75) is 0 Å². The van der Waals surface area contributed by atoms with Crippen LogP contribution in [-0.4, -0.2) is 21.3 Å². The number of benzene rings is 1. The van der Waals surface area contributed by atoms with Gasteiger partial charge in [0.25, 0.3) is 0 Å². The van der Waals surface area contributed by atoms with Crippen LogP contribution in [0, 0.1) is 0 Å². The molecule has 0 saturated carbocycles. The molecule has 5 nitrogen and oxygen atoms in total. The van der Waals surface area contributed by atoms with Crippen molar-refractivity contribution in [3.8, 4) is 5.69 Å². The predicted molar refractivity (Wildman–Crippen MR) is 71.7 cm³/mol. The highest BCUT2D eigenvalue weighted by Crippen LogP contribution is 2.12. The van der Waals surface area contributed by atoms with Crippen LogP contribution in [0.5, 0.6) is 0 Å². The van der Waals surface area contributed by atoms with E-state index >= 15 is 0 Å². The first-order chi connectivity index (χ1) is 7.81. The molecule has 90 valence electrons. The molecule has 0 bridgehead atoms. The van der Waals surface area contributed by atoms with Gasteiger partial charge in [0.1, 0.15) is 0 Å². The molecule has 2 aromatic rings. The molecule has 17 heavy (non-hydrogen) atoms. The SMILES string of the molecule is C=CCNc1nc(N)n(-c2ccccc2)n1.Cl. The van der Waals surface area contributed by atoms with E-state index in [0.29, 0.717) is 18.4 Å². The molecule has 0 fully saturated rings. The van der Waals surface area contributed by atoms with E-state index in [-0.39, 0.29) is 12.4 Å². The highest BCUT2D eigenvalue weighted by molar-refractivity contribution is 5.85. The van der Waals surface area contributed by atoms with Gasteiger partial charge in [-0.05, 0) is 12.1 Å². The molecule has 2 rings (SSSR count). The summed E-state index contributed by atoms with van der Waals surface area (Å²) in [5.41, 5.74) is 6.66. The molecular formula is C11H14ClN5. The van der Waals surface area contributed by atoms with Crippen LogP contribution in [-0.2, 0) is 0 Å². The zero-order chi connectivity index (χ0) is 11.4. The number of aromatic nitrogens is 3. The fourth-order valence-corrected chi connectivity index (χ4v) is 1.32. The third kappa shape index (κ3) is 2.98. The molecule has 0 aliphatic carbocycles. The summed E-state index contributed by atoms with van der Waals surface area (Å²) in [4.78, 5) is 4.10. The number of nitrogens with zero attached hydrogens (tertiary/aromatic N) is 3. The Morgan fingerprint density at radius 1 is 1.35 bits per heavy atom. The topological polar surface area (TPSA) is 68.8 Å². The summed E-state index contributed by atoms with van der Waals surface area (Å²) >= 11 is 0. The van der Waals surface area contributed by atoms with E-state index in [4.69, 9.17) is 5.73 Å². The Hall–Kier alpha value is -2.01. The van der Waals surface area contributed by atoms with E-state index in [1.807, 2.05) is 30.3 Å². The number of hydrogen-bond donors (Lipinski definition) is 2. The molecule has 6 heteroatoms.